The molecule has 0 spiro atoms. The van der Waals surface area contributed by atoms with Crippen molar-refractivity contribution in [1.82, 2.24) is 4.57 Å². The lowest BCUT2D eigenvalue weighted by molar-refractivity contribution is -0.136. The molecule has 0 fully saturated rings. The van der Waals surface area contributed by atoms with Crippen LogP contribution < -0.4 is 29.1 Å². The van der Waals surface area contributed by atoms with Crippen LogP contribution in [0.1, 0.15) is 36.6 Å². The van der Waals surface area contributed by atoms with Gasteiger partial charge in [0.25, 0.3) is 5.56 Å². The molecule has 0 amide bonds. The number of thiazole rings is 1. The molecular formula is C32H28I2N2O6S. The molecule has 4 aromatic rings. The zero-order valence-corrected chi connectivity index (χ0v) is 28.8. The number of hydrogen-bond donors (Lipinski definition) is 0. The first-order chi connectivity index (χ1) is 20.8. The molecule has 1 aliphatic heterocycles. The Morgan fingerprint density at radius 1 is 0.977 bits per heavy atom. The molecule has 8 nitrogen and oxygen atoms in total. The van der Waals surface area contributed by atoms with Crippen LogP contribution in [0.15, 0.2) is 82.2 Å². The topological polar surface area (TPSA) is 88.4 Å². The number of halogens is 2. The van der Waals surface area contributed by atoms with Crippen LogP contribution in [-0.4, -0.2) is 30.9 Å². The molecule has 0 aliphatic carbocycles. The molecule has 1 aliphatic rings. The van der Waals surface area contributed by atoms with E-state index in [1.807, 2.05) is 68.5 Å². The number of rotatable bonds is 10. The fourth-order valence-corrected chi connectivity index (χ4v) is 7.77. The number of esters is 1. The van der Waals surface area contributed by atoms with E-state index < -0.39 is 12.0 Å². The van der Waals surface area contributed by atoms with Gasteiger partial charge in [0.05, 0.1) is 43.6 Å². The summed E-state index contributed by atoms with van der Waals surface area (Å²) in [7, 11) is 1.31. The standard InChI is InChI=1S/C32H28I2N2O6S/c1-4-40-25-12-11-21(16-26(25)41-5-2)28-22(31(38)39-3)17-35-32-36(28)30(37)27(43-32)15-20-13-23(33)29(24(34)14-20)42-18-19-9-7-6-8-10-19/h6-17,28H,4-5,18H2,1-3H3/b27-15-/t28-/m1/s1. The van der Waals surface area contributed by atoms with Gasteiger partial charge in [0.2, 0.25) is 0 Å². The lowest BCUT2D eigenvalue weighted by Gasteiger charge is -2.23. The maximum Gasteiger partial charge on any atom is 0.337 e. The van der Waals surface area contributed by atoms with Crippen LogP contribution in [0.3, 0.4) is 0 Å². The second-order valence-electron chi connectivity index (χ2n) is 9.34. The van der Waals surface area contributed by atoms with Crippen molar-refractivity contribution < 1.29 is 23.7 Å². The number of carbonyl (C=O) groups is 1. The maximum atomic E-state index is 14.0. The van der Waals surface area contributed by atoms with E-state index in [1.165, 1.54) is 24.6 Å². The molecule has 1 atom stereocenters. The minimum Gasteiger partial charge on any atom is -0.490 e. The van der Waals surface area contributed by atoms with E-state index in [-0.39, 0.29) is 11.1 Å². The van der Waals surface area contributed by atoms with Crippen LogP contribution in [0.25, 0.3) is 6.08 Å². The first kappa shape index (κ1) is 31.3. The number of aromatic nitrogens is 1. The number of benzene rings is 3. The number of hydrogen-bond acceptors (Lipinski definition) is 8. The maximum absolute atomic E-state index is 14.0. The third-order valence-electron chi connectivity index (χ3n) is 6.55. The quantitative estimate of drug-likeness (QED) is 0.153. The first-order valence-corrected chi connectivity index (χ1v) is 16.5. The summed E-state index contributed by atoms with van der Waals surface area (Å²) >= 11 is 5.78. The van der Waals surface area contributed by atoms with Crippen molar-refractivity contribution in [2.45, 2.75) is 26.5 Å². The van der Waals surface area contributed by atoms with Crippen molar-refractivity contribution in [3.63, 3.8) is 0 Å². The minimum atomic E-state index is -0.755. The molecule has 0 radical (unpaired) electrons. The zero-order valence-electron chi connectivity index (χ0n) is 23.6. The summed E-state index contributed by atoms with van der Waals surface area (Å²) in [5.74, 6) is 1.35. The highest BCUT2D eigenvalue weighted by Gasteiger charge is 2.31. The Bertz CT molecular complexity index is 1840. The average Bonchev–Trinajstić information content (AvgIpc) is 3.32. The van der Waals surface area contributed by atoms with Gasteiger partial charge < -0.3 is 18.9 Å². The van der Waals surface area contributed by atoms with Crippen LogP contribution in [0, 0.1) is 7.14 Å². The van der Waals surface area contributed by atoms with Crippen molar-refractivity contribution in [3.8, 4) is 17.2 Å². The van der Waals surface area contributed by atoms with Gasteiger partial charge in [-0.25, -0.2) is 9.79 Å². The van der Waals surface area contributed by atoms with Gasteiger partial charge in [-0.1, -0.05) is 47.7 Å². The highest BCUT2D eigenvalue weighted by Crippen LogP contribution is 2.35. The highest BCUT2D eigenvalue weighted by molar-refractivity contribution is 14.1. The summed E-state index contributed by atoms with van der Waals surface area (Å²) in [4.78, 5) is 31.8. The summed E-state index contributed by atoms with van der Waals surface area (Å²) in [5.41, 5.74) is 2.60. The fraction of sp³-hybridized carbons (Fsp3) is 0.219. The molecule has 2 heterocycles. The molecule has 5 rings (SSSR count). The zero-order chi connectivity index (χ0) is 30.5. The molecule has 0 saturated heterocycles. The average molecular weight is 822 g/mol. The largest absolute Gasteiger partial charge is 0.490 e. The van der Waals surface area contributed by atoms with E-state index in [4.69, 9.17) is 18.9 Å². The van der Waals surface area contributed by atoms with Gasteiger partial charge in [0.1, 0.15) is 12.4 Å². The Morgan fingerprint density at radius 3 is 2.35 bits per heavy atom. The van der Waals surface area contributed by atoms with E-state index >= 15 is 0 Å². The summed E-state index contributed by atoms with van der Waals surface area (Å²) in [6.07, 6.45) is 3.32. The van der Waals surface area contributed by atoms with Crippen molar-refractivity contribution in [2.24, 2.45) is 4.99 Å². The Morgan fingerprint density at radius 2 is 1.67 bits per heavy atom. The molecule has 0 N–H and O–H groups in total. The summed E-state index contributed by atoms with van der Waals surface area (Å²) in [6.45, 7) is 5.15. The smallest absolute Gasteiger partial charge is 0.337 e. The Balaban J connectivity index is 1.55. The van der Waals surface area contributed by atoms with Crippen molar-refractivity contribution >= 4 is 68.6 Å². The number of carbonyl (C=O) groups excluding carboxylic acids is 1. The van der Waals surface area contributed by atoms with Crippen LogP contribution in [-0.2, 0) is 16.1 Å². The highest BCUT2D eigenvalue weighted by atomic mass is 127. The Kier molecular flexibility index (Phi) is 10.2. The molecule has 43 heavy (non-hydrogen) atoms. The van der Waals surface area contributed by atoms with E-state index in [0.717, 1.165) is 24.0 Å². The third-order valence-corrected chi connectivity index (χ3v) is 9.15. The van der Waals surface area contributed by atoms with Crippen molar-refractivity contribution in [3.05, 3.63) is 116 Å². The van der Waals surface area contributed by atoms with Crippen molar-refractivity contribution in [1.29, 1.82) is 0 Å². The number of nitrogens with zero attached hydrogens (tertiary/aromatic N) is 2. The van der Waals surface area contributed by atoms with Gasteiger partial charge in [0.15, 0.2) is 16.3 Å². The van der Waals surface area contributed by atoms with Gasteiger partial charge in [-0.2, -0.15) is 0 Å². The van der Waals surface area contributed by atoms with E-state index in [9.17, 15) is 9.59 Å². The minimum absolute atomic E-state index is 0.247. The second-order valence-corrected chi connectivity index (χ2v) is 12.7. The van der Waals surface area contributed by atoms with Gasteiger partial charge in [-0.3, -0.25) is 9.36 Å². The molecule has 1 aromatic heterocycles. The molecule has 0 unspecified atom stereocenters. The molecule has 222 valence electrons. The predicted molar refractivity (Wildman–Crippen MR) is 183 cm³/mol. The Labute approximate surface area is 279 Å². The van der Waals surface area contributed by atoms with Gasteiger partial charge in [-0.05, 0) is 106 Å². The normalized spacial score (nSPS) is 14.4. The van der Waals surface area contributed by atoms with Crippen LogP contribution >= 0.6 is 56.5 Å². The molecule has 3 aromatic carbocycles. The summed E-state index contributed by atoms with van der Waals surface area (Å²) < 4.78 is 26.7. The van der Waals surface area contributed by atoms with E-state index in [0.29, 0.717) is 46.2 Å². The van der Waals surface area contributed by atoms with Crippen LogP contribution in [0.5, 0.6) is 17.2 Å². The van der Waals surface area contributed by atoms with Crippen LogP contribution in [0.2, 0.25) is 0 Å². The van der Waals surface area contributed by atoms with Gasteiger partial charge >= 0.3 is 5.97 Å². The molecule has 0 saturated carbocycles. The van der Waals surface area contributed by atoms with Crippen LogP contribution in [0.4, 0.5) is 0 Å². The monoisotopic (exact) mass is 822 g/mol. The number of fused-ring (bicyclic) bond motifs is 1. The third kappa shape index (κ3) is 6.83. The predicted octanol–water partition coefficient (Wildman–Crippen LogP) is 5.60. The fourth-order valence-electron chi connectivity index (χ4n) is 4.67. The van der Waals surface area contributed by atoms with E-state index in [2.05, 4.69) is 50.2 Å². The summed E-state index contributed by atoms with van der Waals surface area (Å²) in [5, 5.41) is 0. The lowest BCUT2D eigenvalue weighted by Crippen LogP contribution is -2.39. The molecule has 0 bridgehead atoms. The van der Waals surface area contributed by atoms with Crippen molar-refractivity contribution in [2.75, 3.05) is 20.3 Å². The van der Waals surface area contributed by atoms with Gasteiger partial charge in [-0.15, -0.1) is 0 Å². The molecular weight excluding hydrogens is 794 g/mol. The van der Waals surface area contributed by atoms with Gasteiger partial charge in [0, 0.05) is 6.20 Å². The first-order valence-electron chi connectivity index (χ1n) is 13.5. The SMILES string of the molecule is CCOc1ccc([C@@H]2C(C(=O)OC)=CN=c3s/c(=C\c4cc(I)c(OCc5ccccc5)c(I)c4)c(=O)n32)cc1OCC. The second kappa shape index (κ2) is 14.1. The number of ether oxygens (including phenoxy) is 4. The molecule has 11 heteroatoms. The Hall–Kier alpha value is -3.17. The number of methoxy groups -OCH3 is 1. The summed E-state index contributed by atoms with van der Waals surface area (Å²) in [6, 6.07) is 18.6. The lowest BCUT2D eigenvalue weighted by atomic mass is 9.97. The van der Waals surface area contributed by atoms with E-state index in [1.54, 1.807) is 16.7 Å².